The van der Waals surface area contributed by atoms with Gasteiger partial charge in [-0.3, -0.25) is 4.79 Å². The summed E-state index contributed by atoms with van der Waals surface area (Å²) >= 11 is 4.92. The van der Waals surface area contributed by atoms with Crippen molar-refractivity contribution in [1.29, 1.82) is 0 Å². The van der Waals surface area contributed by atoms with Crippen molar-refractivity contribution in [2.75, 3.05) is 0 Å². The topological polar surface area (TPSA) is 68.0 Å². The Morgan fingerprint density at radius 3 is 2.95 bits per heavy atom. The summed E-state index contributed by atoms with van der Waals surface area (Å²) in [5.74, 6) is -0.166. The third-order valence-electron chi connectivity index (χ3n) is 3.34. The van der Waals surface area contributed by atoms with E-state index in [-0.39, 0.29) is 11.9 Å². The van der Waals surface area contributed by atoms with E-state index in [1.54, 1.807) is 5.38 Å². The smallest absolute Gasteiger partial charge is 0.271 e. The molecule has 2 aromatic rings. The molecular weight excluding hydrogens is 362 g/mol. The van der Waals surface area contributed by atoms with E-state index in [0.29, 0.717) is 12.2 Å². The Bertz CT molecular complexity index is 629. The van der Waals surface area contributed by atoms with Crippen LogP contribution in [0.5, 0.6) is 0 Å². The summed E-state index contributed by atoms with van der Waals surface area (Å²) in [6.45, 7) is 2.60. The van der Waals surface area contributed by atoms with Gasteiger partial charge < -0.3 is 11.1 Å². The number of hydrogen-bond acceptors (Lipinski definition) is 4. The van der Waals surface area contributed by atoms with Gasteiger partial charge in [0.1, 0.15) is 10.7 Å². The van der Waals surface area contributed by atoms with Crippen LogP contribution < -0.4 is 11.1 Å². The van der Waals surface area contributed by atoms with Crippen molar-refractivity contribution in [1.82, 2.24) is 10.3 Å². The standard InChI is InChI=1S/C16H20BrN3OS/c1-2-3-8-13(18)16-20-14(10-22-16)15(21)19-9-11-6-4-5-7-12(11)17/h4-7,10,13H,2-3,8-9,18H2,1H3,(H,19,21). The molecule has 1 atom stereocenters. The molecule has 0 spiro atoms. The number of unbranched alkanes of at least 4 members (excludes halogenated alkanes) is 1. The van der Waals surface area contributed by atoms with E-state index in [1.807, 2.05) is 24.3 Å². The summed E-state index contributed by atoms with van der Waals surface area (Å²) < 4.78 is 0.982. The second-order valence-electron chi connectivity index (χ2n) is 5.09. The fourth-order valence-electron chi connectivity index (χ4n) is 2.02. The zero-order chi connectivity index (χ0) is 15.9. The van der Waals surface area contributed by atoms with Gasteiger partial charge in [-0.1, -0.05) is 53.9 Å². The van der Waals surface area contributed by atoms with Crippen LogP contribution in [0.2, 0.25) is 0 Å². The van der Waals surface area contributed by atoms with E-state index in [1.165, 1.54) is 11.3 Å². The molecule has 22 heavy (non-hydrogen) atoms. The number of benzene rings is 1. The first-order chi connectivity index (χ1) is 10.6. The molecular formula is C16H20BrN3OS. The lowest BCUT2D eigenvalue weighted by atomic mass is 10.1. The van der Waals surface area contributed by atoms with Gasteiger partial charge in [0.05, 0.1) is 6.04 Å². The van der Waals surface area contributed by atoms with Gasteiger partial charge in [0.25, 0.3) is 5.91 Å². The van der Waals surface area contributed by atoms with Crippen LogP contribution in [-0.2, 0) is 6.54 Å². The van der Waals surface area contributed by atoms with Crippen LogP contribution in [0.1, 0.15) is 53.3 Å². The molecule has 0 fully saturated rings. The van der Waals surface area contributed by atoms with Crippen molar-refractivity contribution < 1.29 is 4.79 Å². The average Bonchev–Trinajstić information content (AvgIpc) is 3.01. The number of nitrogens with two attached hydrogens (primary N) is 1. The molecule has 6 heteroatoms. The number of thiazole rings is 1. The van der Waals surface area contributed by atoms with E-state index < -0.39 is 0 Å². The Morgan fingerprint density at radius 2 is 2.23 bits per heavy atom. The maximum absolute atomic E-state index is 12.2. The average molecular weight is 382 g/mol. The number of amides is 1. The minimum absolute atomic E-state index is 0.0743. The molecule has 0 bridgehead atoms. The Morgan fingerprint density at radius 1 is 1.45 bits per heavy atom. The third kappa shape index (κ3) is 4.63. The molecule has 118 valence electrons. The highest BCUT2D eigenvalue weighted by Gasteiger charge is 2.15. The summed E-state index contributed by atoms with van der Waals surface area (Å²) in [7, 11) is 0. The van der Waals surface area contributed by atoms with Crippen LogP contribution in [-0.4, -0.2) is 10.9 Å². The number of carbonyl (C=O) groups is 1. The van der Waals surface area contributed by atoms with Crippen LogP contribution in [0.25, 0.3) is 0 Å². The molecule has 0 aliphatic heterocycles. The van der Waals surface area contributed by atoms with Gasteiger partial charge in [-0.25, -0.2) is 4.98 Å². The van der Waals surface area contributed by atoms with Gasteiger partial charge in [-0.05, 0) is 18.1 Å². The molecule has 1 heterocycles. The quantitative estimate of drug-likeness (QED) is 0.760. The highest BCUT2D eigenvalue weighted by Crippen LogP contribution is 2.21. The molecule has 4 nitrogen and oxygen atoms in total. The van der Waals surface area contributed by atoms with E-state index in [9.17, 15) is 4.79 Å². The van der Waals surface area contributed by atoms with Gasteiger partial charge in [0.2, 0.25) is 0 Å². The lowest BCUT2D eigenvalue weighted by Crippen LogP contribution is -2.23. The summed E-state index contributed by atoms with van der Waals surface area (Å²) in [5, 5.41) is 5.49. The number of rotatable bonds is 7. The van der Waals surface area contributed by atoms with Crippen LogP contribution in [0.15, 0.2) is 34.1 Å². The van der Waals surface area contributed by atoms with Crippen LogP contribution in [0.4, 0.5) is 0 Å². The first kappa shape index (κ1) is 17.1. The van der Waals surface area contributed by atoms with Crippen molar-refractivity contribution in [2.45, 2.75) is 38.8 Å². The minimum atomic E-state index is -0.166. The molecule has 3 N–H and O–H groups in total. The first-order valence-electron chi connectivity index (χ1n) is 7.34. The molecule has 1 unspecified atom stereocenters. The third-order valence-corrected chi connectivity index (χ3v) is 5.09. The normalized spacial score (nSPS) is 12.1. The zero-order valence-corrected chi connectivity index (χ0v) is 14.9. The van der Waals surface area contributed by atoms with Crippen molar-refractivity contribution in [3.05, 3.63) is 50.4 Å². The first-order valence-corrected chi connectivity index (χ1v) is 9.01. The Hall–Kier alpha value is -1.24. The van der Waals surface area contributed by atoms with Gasteiger partial charge >= 0.3 is 0 Å². The fourth-order valence-corrected chi connectivity index (χ4v) is 3.28. The number of aromatic nitrogens is 1. The molecule has 0 aliphatic carbocycles. The SMILES string of the molecule is CCCCC(N)c1nc(C(=O)NCc2ccccc2Br)cs1. The lowest BCUT2D eigenvalue weighted by Gasteiger charge is -2.07. The monoisotopic (exact) mass is 381 g/mol. The number of hydrogen-bond donors (Lipinski definition) is 2. The van der Waals surface area contributed by atoms with Gasteiger partial charge in [-0.2, -0.15) is 0 Å². The number of halogens is 1. The van der Waals surface area contributed by atoms with Crippen molar-refractivity contribution in [3.63, 3.8) is 0 Å². The minimum Gasteiger partial charge on any atom is -0.347 e. The summed E-state index contributed by atoms with van der Waals surface area (Å²) in [6.07, 6.45) is 3.09. The second kappa shape index (κ2) is 8.41. The summed E-state index contributed by atoms with van der Waals surface area (Å²) in [4.78, 5) is 16.5. The van der Waals surface area contributed by atoms with Crippen LogP contribution in [0.3, 0.4) is 0 Å². The van der Waals surface area contributed by atoms with Crippen molar-refractivity contribution in [3.8, 4) is 0 Å². The van der Waals surface area contributed by atoms with Gasteiger partial charge in [0.15, 0.2) is 0 Å². The largest absolute Gasteiger partial charge is 0.347 e. The predicted molar refractivity (Wildman–Crippen MR) is 93.9 cm³/mol. The number of carbonyl (C=O) groups excluding carboxylic acids is 1. The van der Waals surface area contributed by atoms with Crippen LogP contribution >= 0.6 is 27.3 Å². The second-order valence-corrected chi connectivity index (χ2v) is 6.84. The lowest BCUT2D eigenvalue weighted by molar-refractivity contribution is 0.0946. The van der Waals surface area contributed by atoms with Crippen molar-refractivity contribution >= 4 is 33.2 Å². The maximum Gasteiger partial charge on any atom is 0.271 e. The molecule has 0 radical (unpaired) electrons. The Labute approximate surface area is 143 Å². The Balaban J connectivity index is 1.93. The van der Waals surface area contributed by atoms with E-state index in [2.05, 4.69) is 33.2 Å². The molecule has 0 aliphatic rings. The maximum atomic E-state index is 12.2. The predicted octanol–water partition coefficient (Wildman–Crippen LogP) is 4.03. The van der Waals surface area contributed by atoms with Crippen molar-refractivity contribution in [2.24, 2.45) is 5.73 Å². The number of nitrogens with one attached hydrogen (secondary N) is 1. The highest BCUT2D eigenvalue weighted by atomic mass is 79.9. The molecule has 1 amide bonds. The van der Waals surface area contributed by atoms with E-state index >= 15 is 0 Å². The van der Waals surface area contributed by atoms with E-state index in [4.69, 9.17) is 5.73 Å². The van der Waals surface area contributed by atoms with E-state index in [0.717, 1.165) is 34.3 Å². The molecule has 1 aromatic heterocycles. The zero-order valence-electron chi connectivity index (χ0n) is 12.5. The number of nitrogens with zero attached hydrogens (tertiary/aromatic N) is 1. The van der Waals surface area contributed by atoms with Crippen LogP contribution in [0, 0.1) is 0 Å². The summed E-state index contributed by atoms with van der Waals surface area (Å²) in [6, 6.07) is 7.74. The van der Waals surface area contributed by atoms with Gasteiger partial charge in [0, 0.05) is 16.4 Å². The molecule has 0 saturated heterocycles. The molecule has 1 aromatic carbocycles. The Kier molecular flexibility index (Phi) is 6.54. The fraction of sp³-hybridized carbons (Fsp3) is 0.375. The van der Waals surface area contributed by atoms with Gasteiger partial charge in [-0.15, -0.1) is 11.3 Å². The highest BCUT2D eigenvalue weighted by molar-refractivity contribution is 9.10. The molecule has 0 saturated carbocycles. The summed E-state index contributed by atoms with van der Waals surface area (Å²) in [5.41, 5.74) is 7.57. The molecule has 2 rings (SSSR count).